The molecule has 102 valence electrons. The largest absolute Gasteiger partial charge is 0.375 e. The second kappa shape index (κ2) is 5.06. The van der Waals surface area contributed by atoms with Crippen LogP contribution in [0.1, 0.15) is 11.4 Å². The summed E-state index contributed by atoms with van der Waals surface area (Å²) in [4.78, 5) is 8.04. The molecule has 0 saturated heterocycles. The molecule has 2 aromatic heterocycles. The number of aromatic nitrogens is 2. The number of nitrogen functional groups attached to an aromatic ring is 1. The van der Waals surface area contributed by atoms with E-state index in [2.05, 4.69) is 30.6 Å². The Kier molecular flexibility index (Phi) is 3.79. The molecule has 6 nitrogen and oxygen atoms in total. The lowest BCUT2D eigenvalue weighted by Crippen LogP contribution is -2.14. The number of nitrogens with one attached hydrogen (secondary N) is 1. The van der Waals surface area contributed by atoms with Crippen LogP contribution in [0.5, 0.6) is 0 Å². The Labute approximate surface area is 123 Å². The van der Waals surface area contributed by atoms with Gasteiger partial charge in [-0.3, -0.25) is 4.72 Å². The Hall–Kier alpha value is -1.19. The highest BCUT2D eigenvalue weighted by molar-refractivity contribution is 9.10. The number of pyridine rings is 1. The summed E-state index contributed by atoms with van der Waals surface area (Å²) in [5, 5.41) is 0.220. The third kappa shape index (κ3) is 3.04. The van der Waals surface area contributed by atoms with Gasteiger partial charge in [0.05, 0.1) is 11.4 Å². The van der Waals surface area contributed by atoms with E-state index >= 15 is 0 Å². The maximum atomic E-state index is 12.2. The summed E-state index contributed by atoms with van der Waals surface area (Å²) in [6, 6.07) is 3.31. The molecule has 0 spiro atoms. The first-order chi connectivity index (χ1) is 8.79. The molecule has 9 heteroatoms. The van der Waals surface area contributed by atoms with E-state index in [1.54, 1.807) is 26.0 Å². The minimum Gasteiger partial charge on any atom is -0.375 e. The summed E-state index contributed by atoms with van der Waals surface area (Å²) in [5.74, 6) is 0.257. The fourth-order valence-electron chi connectivity index (χ4n) is 1.44. The number of nitrogens with two attached hydrogens (primary N) is 1. The predicted molar refractivity (Wildman–Crippen MR) is 78.7 cm³/mol. The lowest BCUT2D eigenvalue weighted by molar-refractivity contribution is 0.602. The fraction of sp³-hybridized carbons (Fsp3) is 0.200. The molecule has 0 bridgehead atoms. The molecule has 0 saturated carbocycles. The van der Waals surface area contributed by atoms with Gasteiger partial charge in [-0.1, -0.05) is 11.3 Å². The summed E-state index contributed by atoms with van der Waals surface area (Å²) < 4.78 is 27.7. The van der Waals surface area contributed by atoms with Gasteiger partial charge in [0.2, 0.25) is 0 Å². The van der Waals surface area contributed by atoms with Crippen LogP contribution in [0, 0.1) is 13.8 Å². The monoisotopic (exact) mass is 362 g/mol. The normalized spacial score (nSPS) is 11.5. The van der Waals surface area contributed by atoms with Crippen LogP contribution in [-0.2, 0) is 10.0 Å². The third-order valence-corrected chi connectivity index (χ3v) is 6.06. The van der Waals surface area contributed by atoms with E-state index in [0.717, 1.165) is 15.8 Å². The van der Waals surface area contributed by atoms with E-state index in [-0.39, 0.29) is 15.2 Å². The van der Waals surface area contributed by atoms with Crippen LogP contribution in [0.2, 0.25) is 0 Å². The topological polar surface area (TPSA) is 98.0 Å². The zero-order valence-corrected chi connectivity index (χ0v) is 13.4. The van der Waals surface area contributed by atoms with Gasteiger partial charge >= 0.3 is 0 Å². The Balaban J connectivity index is 2.36. The molecule has 3 N–H and O–H groups in total. The van der Waals surface area contributed by atoms with Crippen molar-refractivity contribution in [2.45, 2.75) is 18.1 Å². The van der Waals surface area contributed by atoms with Crippen molar-refractivity contribution in [3.05, 3.63) is 28.0 Å². The quantitative estimate of drug-likeness (QED) is 0.872. The van der Waals surface area contributed by atoms with Gasteiger partial charge in [-0.2, -0.15) is 0 Å². The lowest BCUT2D eigenvalue weighted by Gasteiger charge is -2.07. The second-order valence-electron chi connectivity index (χ2n) is 3.79. The smallest absolute Gasteiger partial charge is 0.274 e. The molecule has 0 radical (unpaired) electrons. The third-order valence-electron chi connectivity index (χ3n) is 2.27. The van der Waals surface area contributed by atoms with Gasteiger partial charge in [0.15, 0.2) is 9.34 Å². The van der Waals surface area contributed by atoms with Crippen LogP contribution in [0.4, 0.5) is 10.9 Å². The Bertz CT molecular complexity index is 727. The van der Waals surface area contributed by atoms with E-state index in [9.17, 15) is 8.42 Å². The number of thiazole rings is 1. The molecular formula is C10H11BrN4O2S2. The molecule has 0 unspecified atom stereocenters. The van der Waals surface area contributed by atoms with Crippen molar-refractivity contribution >= 4 is 48.2 Å². The summed E-state index contributed by atoms with van der Waals surface area (Å²) in [6.07, 6.45) is 0. The van der Waals surface area contributed by atoms with Crippen LogP contribution in [-0.4, -0.2) is 18.4 Å². The summed E-state index contributed by atoms with van der Waals surface area (Å²) in [5.41, 5.74) is 6.58. The Morgan fingerprint density at radius 3 is 2.47 bits per heavy atom. The highest BCUT2D eigenvalue weighted by Crippen LogP contribution is 2.27. The summed E-state index contributed by atoms with van der Waals surface area (Å²) >= 11 is 4.23. The number of sulfonamides is 1. The molecule has 0 aliphatic carbocycles. The Morgan fingerprint density at radius 1 is 1.26 bits per heavy atom. The van der Waals surface area contributed by atoms with Crippen molar-refractivity contribution in [2.75, 3.05) is 10.5 Å². The number of hydrogen-bond donors (Lipinski definition) is 2. The molecule has 0 atom stereocenters. The SMILES string of the molecule is Cc1nc(NS(=O)(=O)c2sc(N)nc2C)ccc1Br. The van der Waals surface area contributed by atoms with E-state index in [0.29, 0.717) is 11.4 Å². The molecule has 0 aliphatic rings. The average molecular weight is 363 g/mol. The molecule has 0 aliphatic heterocycles. The first kappa shape index (κ1) is 14.2. The van der Waals surface area contributed by atoms with Crippen LogP contribution < -0.4 is 10.5 Å². The summed E-state index contributed by atoms with van der Waals surface area (Å²) in [6.45, 7) is 3.37. The van der Waals surface area contributed by atoms with Gasteiger partial charge in [0.1, 0.15) is 5.82 Å². The van der Waals surface area contributed by atoms with E-state index in [1.165, 1.54) is 0 Å². The number of hydrogen-bond acceptors (Lipinski definition) is 6. The molecule has 0 amide bonds. The Morgan fingerprint density at radius 2 is 1.95 bits per heavy atom. The molecule has 2 rings (SSSR count). The molecule has 19 heavy (non-hydrogen) atoms. The molecule has 0 aromatic carbocycles. The maximum Gasteiger partial charge on any atom is 0.274 e. The van der Waals surface area contributed by atoms with E-state index < -0.39 is 10.0 Å². The van der Waals surface area contributed by atoms with Crippen LogP contribution in [0.25, 0.3) is 0 Å². The minimum absolute atomic E-state index is 0.104. The van der Waals surface area contributed by atoms with Crippen molar-refractivity contribution in [1.29, 1.82) is 0 Å². The van der Waals surface area contributed by atoms with Crippen molar-refractivity contribution in [3.8, 4) is 0 Å². The van der Waals surface area contributed by atoms with Crippen molar-refractivity contribution < 1.29 is 8.42 Å². The van der Waals surface area contributed by atoms with E-state index in [1.807, 2.05) is 0 Å². The van der Waals surface area contributed by atoms with Crippen LogP contribution in [0.3, 0.4) is 0 Å². The van der Waals surface area contributed by atoms with Crippen LogP contribution in [0.15, 0.2) is 20.8 Å². The highest BCUT2D eigenvalue weighted by atomic mass is 79.9. The number of nitrogens with zero attached hydrogens (tertiary/aromatic N) is 2. The highest BCUT2D eigenvalue weighted by Gasteiger charge is 2.21. The first-order valence-corrected chi connectivity index (χ1v) is 8.28. The zero-order chi connectivity index (χ0) is 14.2. The predicted octanol–water partition coefficient (Wildman–Crippen LogP) is 2.30. The van der Waals surface area contributed by atoms with E-state index in [4.69, 9.17) is 5.73 Å². The number of aryl methyl sites for hydroxylation is 2. The lowest BCUT2D eigenvalue weighted by atomic mass is 10.4. The number of halogens is 1. The molecule has 2 heterocycles. The molecular weight excluding hydrogens is 352 g/mol. The standard InChI is InChI=1S/C10H11BrN4O2S2/c1-5-7(11)3-4-8(13-5)15-19(16,17)9-6(2)14-10(12)18-9/h3-4H,1-2H3,(H2,12,14)(H,13,15). The first-order valence-electron chi connectivity index (χ1n) is 5.18. The zero-order valence-electron chi connectivity index (χ0n) is 10.1. The molecule has 2 aromatic rings. The molecule has 0 fully saturated rings. The van der Waals surface area contributed by atoms with Crippen LogP contribution >= 0.6 is 27.3 Å². The van der Waals surface area contributed by atoms with Gasteiger partial charge in [-0.25, -0.2) is 18.4 Å². The van der Waals surface area contributed by atoms with Gasteiger partial charge in [0.25, 0.3) is 10.0 Å². The van der Waals surface area contributed by atoms with Gasteiger partial charge in [-0.05, 0) is 41.9 Å². The fourth-order valence-corrected chi connectivity index (χ4v) is 3.96. The van der Waals surface area contributed by atoms with Gasteiger partial charge in [-0.15, -0.1) is 0 Å². The summed E-state index contributed by atoms with van der Waals surface area (Å²) in [7, 11) is -3.70. The number of anilines is 2. The van der Waals surface area contributed by atoms with Gasteiger partial charge < -0.3 is 5.73 Å². The second-order valence-corrected chi connectivity index (χ2v) is 7.56. The van der Waals surface area contributed by atoms with Crippen molar-refractivity contribution in [3.63, 3.8) is 0 Å². The van der Waals surface area contributed by atoms with Gasteiger partial charge in [0, 0.05) is 4.47 Å². The van der Waals surface area contributed by atoms with Crippen molar-refractivity contribution in [1.82, 2.24) is 9.97 Å². The number of rotatable bonds is 3. The average Bonchev–Trinajstić information content (AvgIpc) is 2.63. The maximum absolute atomic E-state index is 12.2. The van der Waals surface area contributed by atoms with Crippen molar-refractivity contribution in [2.24, 2.45) is 0 Å². The minimum atomic E-state index is -3.70.